The zero-order valence-corrected chi connectivity index (χ0v) is 6.87. The van der Waals surface area contributed by atoms with Crippen LogP contribution < -0.4 is 0 Å². The van der Waals surface area contributed by atoms with E-state index in [2.05, 4.69) is 23.7 Å². The maximum Gasteiger partial charge on any atom is 0.382 e. The fourth-order valence-electron chi connectivity index (χ4n) is 0.338. The van der Waals surface area contributed by atoms with Gasteiger partial charge in [0.15, 0.2) is 0 Å². The van der Waals surface area contributed by atoms with Crippen LogP contribution >= 0.6 is 0 Å². The van der Waals surface area contributed by atoms with Crippen molar-refractivity contribution in [3.8, 4) is 35.5 Å². The molecule has 0 atom stereocenters. The van der Waals surface area contributed by atoms with Crippen LogP contribution in [0.2, 0.25) is 0 Å². The summed E-state index contributed by atoms with van der Waals surface area (Å²) in [5.74, 6) is 10.4. The van der Waals surface area contributed by atoms with E-state index in [-0.39, 0.29) is 0 Å². The van der Waals surface area contributed by atoms with Gasteiger partial charge >= 0.3 is 11.9 Å². The predicted molar refractivity (Wildman–Crippen MR) is 47.7 cm³/mol. The SMILES string of the molecule is O=C(O)C#CC#CC#CC=CC(=O)O. The van der Waals surface area contributed by atoms with E-state index >= 15 is 0 Å². The molecule has 0 aliphatic rings. The van der Waals surface area contributed by atoms with Crippen molar-refractivity contribution in [1.29, 1.82) is 0 Å². The van der Waals surface area contributed by atoms with Gasteiger partial charge in [0.1, 0.15) is 0 Å². The Labute approximate surface area is 80.2 Å². The summed E-state index contributed by atoms with van der Waals surface area (Å²) in [6, 6.07) is 0. The Hall–Kier alpha value is -2.64. The van der Waals surface area contributed by atoms with Gasteiger partial charge in [0.05, 0.1) is 0 Å². The largest absolute Gasteiger partial charge is 0.478 e. The van der Waals surface area contributed by atoms with Crippen molar-refractivity contribution in [1.82, 2.24) is 0 Å². The molecule has 0 saturated heterocycles. The molecule has 0 bridgehead atoms. The first-order chi connectivity index (χ1) is 6.63. The second kappa shape index (κ2) is 7.03. The Morgan fingerprint density at radius 2 is 1.64 bits per heavy atom. The van der Waals surface area contributed by atoms with Crippen LogP contribution in [0.5, 0.6) is 0 Å². The summed E-state index contributed by atoms with van der Waals surface area (Å²) in [4.78, 5) is 19.8. The van der Waals surface area contributed by atoms with E-state index in [0.717, 1.165) is 12.2 Å². The van der Waals surface area contributed by atoms with Gasteiger partial charge in [-0.1, -0.05) is 5.92 Å². The van der Waals surface area contributed by atoms with Crippen LogP contribution in [0.15, 0.2) is 12.2 Å². The monoisotopic (exact) mass is 188 g/mol. The molecule has 0 aliphatic carbocycles. The molecule has 4 nitrogen and oxygen atoms in total. The number of carboxylic acids is 2. The molecule has 0 aliphatic heterocycles. The normalized spacial score (nSPS) is 7.14. The van der Waals surface area contributed by atoms with Crippen LogP contribution in [0.25, 0.3) is 0 Å². The molecule has 0 unspecified atom stereocenters. The van der Waals surface area contributed by atoms with Crippen LogP contribution in [0.1, 0.15) is 0 Å². The molecule has 0 saturated carbocycles. The number of hydrogen-bond acceptors (Lipinski definition) is 2. The number of aliphatic carboxylic acids is 2. The fourth-order valence-corrected chi connectivity index (χ4v) is 0.338. The number of hydrogen-bond donors (Lipinski definition) is 2. The summed E-state index contributed by atoms with van der Waals surface area (Å²) < 4.78 is 0. The van der Waals surface area contributed by atoms with Gasteiger partial charge in [0.2, 0.25) is 0 Å². The highest BCUT2D eigenvalue weighted by Gasteiger charge is 1.79. The average Bonchev–Trinajstić information content (AvgIpc) is 2.08. The second-order valence-corrected chi connectivity index (χ2v) is 1.75. The lowest BCUT2D eigenvalue weighted by Crippen LogP contribution is -1.85. The number of carboxylic acid groups (broad SMARTS) is 2. The first-order valence-electron chi connectivity index (χ1n) is 3.27. The highest BCUT2D eigenvalue weighted by molar-refractivity contribution is 5.87. The van der Waals surface area contributed by atoms with Gasteiger partial charge in [-0.05, 0) is 29.8 Å². The minimum Gasteiger partial charge on any atom is -0.478 e. The minimum atomic E-state index is -1.27. The first-order valence-corrected chi connectivity index (χ1v) is 3.27. The Balaban J connectivity index is 4.12. The molecule has 0 aromatic rings. The predicted octanol–water partition coefficient (Wildman–Crippen LogP) is -0.278. The highest BCUT2D eigenvalue weighted by Crippen LogP contribution is 1.68. The molecule has 0 aromatic carbocycles. The molecule has 0 fully saturated rings. The van der Waals surface area contributed by atoms with Crippen LogP contribution in [0.3, 0.4) is 0 Å². The summed E-state index contributed by atoms with van der Waals surface area (Å²) in [7, 11) is 0. The van der Waals surface area contributed by atoms with Crippen molar-refractivity contribution < 1.29 is 19.8 Å². The second-order valence-electron chi connectivity index (χ2n) is 1.75. The number of allylic oxidation sites excluding steroid dienone is 1. The molecule has 68 valence electrons. The lowest BCUT2D eigenvalue weighted by molar-refractivity contribution is -0.132. The van der Waals surface area contributed by atoms with Crippen molar-refractivity contribution in [3.63, 3.8) is 0 Å². The molecular formula is C10H4O4. The van der Waals surface area contributed by atoms with Crippen LogP contribution in [-0.4, -0.2) is 22.2 Å². The van der Waals surface area contributed by atoms with Crippen molar-refractivity contribution in [2.45, 2.75) is 0 Å². The molecule has 0 radical (unpaired) electrons. The van der Waals surface area contributed by atoms with Crippen LogP contribution in [0.4, 0.5) is 0 Å². The Morgan fingerprint density at radius 3 is 2.21 bits per heavy atom. The minimum absolute atomic E-state index is 0.859. The van der Waals surface area contributed by atoms with E-state index in [1.165, 1.54) is 0 Å². The molecule has 14 heavy (non-hydrogen) atoms. The molecular weight excluding hydrogens is 184 g/mol. The number of carbonyl (C=O) groups is 2. The molecule has 0 rings (SSSR count). The molecule has 2 N–H and O–H groups in total. The highest BCUT2D eigenvalue weighted by atomic mass is 16.4. The Bertz CT molecular complexity index is 438. The quantitative estimate of drug-likeness (QED) is 0.438. The van der Waals surface area contributed by atoms with E-state index in [1.54, 1.807) is 5.92 Å². The summed E-state index contributed by atoms with van der Waals surface area (Å²) >= 11 is 0. The lowest BCUT2D eigenvalue weighted by atomic mass is 10.4. The van der Waals surface area contributed by atoms with E-state index in [0.29, 0.717) is 0 Å². The van der Waals surface area contributed by atoms with Gasteiger partial charge < -0.3 is 10.2 Å². The number of rotatable bonds is 1. The van der Waals surface area contributed by atoms with Gasteiger partial charge in [0.25, 0.3) is 0 Å². The maximum absolute atomic E-state index is 9.93. The molecule has 0 amide bonds. The summed E-state index contributed by atoms with van der Waals surface area (Å²) in [6.45, 7) is 0. The Kier molecular flexibility index (Phi) is 5.71. The summed E-state index contributed by atoms with van der Waals surface area (Å²) in [6.07, 6.45) is 1.97. The smallest absolute Gasteiger partial charge is 0.382 e. The lowest BCUT2D eigenvalue weighted by Gasteiger charge is -1.69. The third-order valence-electron chi connectivity index (χ3n) is 0.738. The van der Waals surface area contributed by atoms with Gasteiger partial charge in [0, 0.05) is 12.0 Å². The first kappa shape index (κ1) is 11.4. The maximum atomic E-state index is 9.93. The van der Waals surface area contributed by atoms with Gasteiger partial charge in [-0.3, -0.25) is 0 Å². The fraction of sp³-hybridized carbons (Fsp3) is 0. The summed E-state index contributed by atoms with van der Waals surface area (Å²) in [5.41, 5.74) is 0. The zero-order valence-electron chi connectivity index (χ0n) is 6.87. The Morgan fingerprint density at radius 1 is 1.00 bits per heavy atom. The topological polar surface area (TPSA) is 74.6 Å². The van der Waals surface area contributed by atoms with E-state index < -0.39 is 11.9 Å². The van der Waals surface area contributed by atoms with E-state index in [4.69, 9.17) is 10.2 Å². The van der Waals surface area contributed by atoms with Crippen LogP contribution in [-0.2, 0) is 9.59 Å². The zero-order chi connectivity index (χ0) is 10.8. The summed E-state index contributed by atoms with van der Waals surface area (Å²) in [5, 5.41) is 16.2. The third-order valence-corrected chi connectivity index (χ3v) is 0.738. The van der Waals surface area contributed by atoms with Crippen molar-refractivity contribution >= 4 is 11.9 Å². The van der Waals surface area contributed by atoms with Gasteiger partial charge in [-0.2, -0.15) is 0 Å². The van der Waals surface area contributed by atoms with E-state index in [1.807, 2.05) is 5.92 Å². The van der Waals surface area contributed by atoms with Gasteiger partial charge in [-0.25, -0.2) is 9.59 Å². The standard InChI is InChI=1S/C10H4O4/c11-9(12)7-5-3-1-2-4-6-8-10(13)14/h5,7H,(H,11,12)(H,13,14). The molecule has 4 heteroatoms. The van der Waals surface area contributed by atoms with Crippen molar-refractivity contribution in [2.75, 3.05) is 0 Å². The molecule has 0 heterocycles. The molecule has 0 spiro atoms. The van der Waals surface area contributed by atoms with Crippen molar-refractivity contribution in [2.24, 2.45) is 0 Å². The van der Waals surface area contributed by atoms with Gasteiger partial charge in [-0.15, -0.1) is 0 Å². The average molecular weight is 188 g/mol. The van der Waals surface area contributed by atoms with Crippen molar-refractivity contribution in [3.05, 3.63) is 12.2 Å². The van der Waals surface area contributed by atoms with E-state index in [9.17, 15) is 9.59 Å². The third kappa shape index (κ3) is 9.36. The van der Waals surface area contributed by atoms with Crippen LogP contribution in [0, 0.1) is 35.5 Å². The molecule has 0 aromatic heterocycles.